The number of benzene rings is 1. The Morgan fingerprint density at radius 3 is 2.00 bits per heavy atom. The third-order valence-corrected chi connectivity index (χ3v) is 4.30. The van der Waals surface area contributed by atoms with Crippen molar-refractivity contribution in [2.24, 2.45) is 0 Å². The monoisotopic (exact) mass is 287 g/mol. The second kappa shape index (κ2) is 7.39. The summed E-state index contributed by atoms with van der Waals surface area (Å²) >= 11 is 0. The molecular formula is C18H25NO2. The highest BCUT2D eigenvalue weighted by Gasteiger charge is 2.38. The first-order valence-corrected chi connectivity index (χ1v) is 8.17. The van der Waals surface area contributed by atoms with Crippen LogP contribution in [0, 0.1) is 0 Å². The standard InChI is InChI=1S/C18H25NO2/c1-3-5-6-7-8-11-14(4-2)19-17(20)15-12-9-10-13-16(15)18(19)21/h9-10,12-14H,3-8,11H2,1-2H3. The average Bonchev–Trinajstić information content (AvgIpc) is 2.76. The predicted molar refractivity (Wildman–Crippen MR) is 84.4 cm³/mol. The Balaban J connectivity index is 2.00. The SMILES string of the molecule is CCCCCCCC(CC)N1C(=O)c2ccccc2C1=O. The van der Waals surface area contributed by atoms with Gasteiger partial charge < -0.3 is 0 Å². The van der Waals surface area contributed by atoms with Crippen molar-refractivity contribution in [3.8, 4) is 0 Å². The fraction of sp³-hybridized carbons (Fsp3) is 0.556. The van der Waals surface area contributed by atoms with Gasteiger partial charge in [0.2, 0.25) is 0 Å². The highest BCUT2D eigenvalue weighted by molar-refractivity contribution is 6.21. The molecule has 2 rings (SSSR count). The molecule has 114 valence electrons. The van der Waals surface area contributed by atoms with E-state index in [4.69, 9.17) is 0 Å². The van der Waals surface area contributed by atoms with Crippen molar-refractivity contribution in [3.05, 3.63) is 35.4 Å². The van der Waals surface area contributed by atoms with E-state index in [9.17, 15) is 9.59 Å². The minimum absolute atomic E-state index is 0.0408. The maximum Gasteiger partial charge on any atom is 0.261 e. The zero-order valence-corrected chi connectivity index (χ0v) is 13.1. The summed E-state index contributed by atoms with van der Waals surface area (Å²) in [7, 11) is 0. The second-order valence-electron chi connectivity index (χ2n) is 5.79. The molecule has 2 amide bonds. The Labute approximate surface area is 127 Å². The van der Waals surface area contributed by atoms with E-state index in [2.05, 4.69) is 13.8 Å². The minimum atomic E-state index is -0.115. The molecule has 0 aliphatic carbocycles. The fourth-order valence-corrected chi connectivity index (χ4v) is 3.04. The Morgan fingerprint density at radius 1 is 0.905 bits per heavy atom. The zero-order valence-electron chi connectivity index (χ0n) is 13.1. The van der Waals surface area contributed by atoms with Crippen molar-refractivity contribution in [2.75, 3.05) is 0 Å². The summed E-state index contributed by atoms with van der Waals surface area (Å²) in [6.45, 7) is 4.26. The number of imide groups is 1. The molecule has 3 nitrogen and oxygen atoms in total. The highest BCUT2D eigenvalue weighted by Crippen LogP contribution is 2.27. The lowest BCUT2D eigenvalue weighted by Gasteiger charge is -2.25. The molecule has 1 aliphatic rings. The maximum atomic E-state index is 12.4. The van der Waals surface area contributed by atoms with E-state index >= 15 is 0 Å². The number of hydrogen-bond donors (Lipinski definition) is 0. The normalized spacial score (nSPS) is 15.4. The molecule has 1 aromatic carbocycles. The van der Waals surface area contributed by atoms with Crippen molar-refractivity contribution >= 4 is 11.8 Å². The van der Waals surface area contributed by atoms with Gasteiger partial charge in [-0.25, -0.2) is 0 Å². The van der Waals surface area contributed by atoms with Crippen LogP contribution in [0.2, 0.25) is 0 Å². The summed E-state index contributed by atoms with van der Waals surface area (Å²) in [5.74, 6) is -0.230. The lowest BCUT2D eigenvalue weighted by molar-refractivity contribution is 0.0569. The first-order chi connectivity index (χ1) is 10.2. The second-order valence-corrected chi connectivity index (χ2v) is 5.79. The van der Waals surface area contributed by atoms with Crippen molar-refractivity contribution in [1.82, 2.24) is 4.90 Å². The molecule has 21 heavy (non-hydrogen) atoms. The largest absolute Gasteiger partial charge is 0.271 e. The summed E-state index contributed by atoms with van der Waals surface area (Å²) in [5.41, 5.74) is 1.12. The van der Waals surface area contributed by atoms with Gasteiger partial charge in [0, 0.05) is 6.04 Å². The van der Waals surface area contributed by atoms with Gasteiger partial charge in [-0.05, 0) is 25.0 Å². The number of nitrogens with zero attached hydrogens (tertiary/aromatic N) is 1. The predicted octanol–water partition coefficient (Wildman–Crippen LogP) is 4.42. The summed E-state index contributed by atoms with van der Waals surface area (Å²) < 4.78 is 0. The van der Waals surface area contributed by atoms with Crippen LogP contribution in [0.4, 0.5) is 0 Å². The minimum Gasteiger partial charge on any atom is -0.271 e. The third-order valence-electron chi connectivity index (χ3n) is 4.30. The van der Waals surface area contributed by atoms with Gasteiger partial charge in [-0.15, -0.1) is 0 Å². The van der Waals surface area contributed by atoms with Crippen LogP contribution in [0.1, 0.15) is 79.5 Å². The fourth-order valence-electron chi connectivity index (χ4n) is 3.04. The van der Waals surface area contributed by atoms with Crippen LogP contribution in [-0.2, 0) is 0 Å². The van der Waals surface area contributed by atoms with Crippen LogP contribution >= 0.6 is 0 Å². The molecule has 0 bridgehead atoms. The van der Waals surface area contributed by atoms with E-state index in [1.54, 1.807) is 12.1 Å². The Kier molecular flexibility index (Phi) is 5.54. The topological polar surface area (TPSA) is 37.4 Å². The smallest absolute Gasteiger partial charge is 0.261 e. The molecule has 0 aromatic heterocycles. The lowest BCUT2D eigenvalue weighted by atomic mass is 10.0. The number of carbonyl (C=O) groups is 2. The summed E-state index contributed by atoms with van der Waals surface area (Å²) in [5, 5.41) is 0. The molecule has 0 radical (unpaired) electrons. The lowest BCUT2D eigenvalue weighted by Crippen LogP contribution is -2.39. The molecule has 1 atom stereocenters. The molecule has 0 saturated carbocycles. The molecular weight excluding hydrogens is 262 g/mol. The molecule has 3 heteroatoms. The van der Waals surface area contributed by atoms with Gasteiger partial charge in [-0.3, -0.25) is 14.5 Å². The highest BCUT2D eigenvalue weighted by atomic mass is 16.2. The molecule has 0 saturated heterocycles. The van der Waals surface area contributed by atoms with E-state index in [-0.39, 0.29) is 17.9 Å². The zero-order chi connectivity index (χ0) is 15.2. The van der Waals surface area contributed by atoms with E-state index in [0.717, 1.165) is 19.3 Å². The van der Waals surface area contributed by atoms with Crippen LogP contribution in [0.25, 0.3) is 0 Å². The molecule has 0 spiro atoms. The first kappa shape index (κ1) is 15.7. The Bertz CT molecular complexity index is 475. The van der Waals surface area contributed by atoms with E-state index in [1.807, 2.05) is 12.1 Å². The van der Waals surface area contributed by atoms with Gasteiger partial charge in [0.1, 0.15) is 0 Å². The summed E-state index contributed by atoms with van der Waals surface area (Å²) in [6.07, 6.45) is 7.78. The molecule has 0 N–H and O–H groups in total. The number of amides is 2. The van der Waals surface area contributed by atoms with Crippen molar-refractivity contribution in [3.63, 3.8) is 0 Å². The van der Waals surface area contributed by atoms with Gasteiger partial charge >= 0.3 is 0 Å². The van der Waals surface area contributed by atoms with E-state index in [1.165, 1.54) is 30.6 Å². The Morgan fingerprint density at radius 2 is 1.48 bits per heavy atom. The van der Waals surface area contributed by atoms with Crippen LogP contribution in [0.3, 0.4) is 0 Å². The number of carbonyl (C=O) groups excluding carboxylic acids is 2. The van der Waals surface area contributed by atoms with Crippen LogP contribution in [0.5, 0.6) is 0 Å². The quantitative estimate of drug-likeness (QED) is 0.524. The van der Waals surface area contributed by atoms with Gasteiger partial charge in [-0.2, -0.15) is 0 Å². The van der Waals surface area contributed by atoms with Gasteiger partial charge in [0.05, 0.1) is 11.1 Å². The van der Waals surface area contributed by atoms with Gasteiger partial charge in [0.15, 0.2) is 0 Å². The van der Waals surface area contributed by atoms with Crippen molar-refractivity contribution in [2.45, 2.75) is 64.8 Å². The number of fused-ring (bicyclic) bond motifs is 1. The first-order valence-electron chi connectivity index (χ1n) is 8.17. The van der Waals surface area contributed by atoms with Crippen LogP contribution in [-0.4, -0.2) is 22.8 Å². The van der Waals surface area contributed by atoms with Crippen molar-refractivity contribution in [1.29, 1.82) is 0 Å². The molecule has 0 fully saturated rings. The maximum absolute atomic E-state index is 12.4. The number of rotatable bonds is 8. The number of hydrogen-bond acceptors (Lipinski definition) is 2. The molecule has 1 unspecified atom stereocenters. The summed E-state index contributed by atoms with van der Waals surface area (Å²) in [6, 6.07) is 7.19. The van der Waals surface area contributed by atoms with Crippen LogP contribution < -0.4 is 0 Å². The van der Waals surface area contributed by atoms with Crippen LogP contribution in [0.15, 0.2) is 24.3 Å². The number of unbranched alkanes of at least 4 members (excludes halogenated alkanes) is 4. The van der Waals surface area contributed by atoms with Crippen molar-refractivity contribution < 1.29 is 9.59 Å². The molecule has 1 aromatic rings. The summed E-state index contributed by atoms with van der Waals surface area (Å²) in [4.78, 5) is 26.4. The Hall–Kier alpha value is -1.64. The molecule has 1 heterocycles. The third kappa shape index (κ3) is 3.34. The average molecular weight is 287 g/mol. The van der Waals surface area contributed by atoms with E-state index < -0.39 is 0 Å². The van der Waals surface area contributed by atoms with Gasteiger partial charge in [-0.1, -0.05) is 58.1 Å². The van der Waals surface area contributed by atoms with Gasteiger partial charge in [0.25, 0.3) is 11.8 Å². The molecule has 1 aliphatic heterocycles. The van der Waals surface area contributed by atoms with E-state index in [0.29, 0.717) is 11.1 Å².